The summed E-state index contributed by atoms with van der Waals surface area (Å²) in [4.78, 5) is 32.6. The average molecular weight is 577 g/mol. The molecule has 0 bridgehead atoms. The highest BCUT2D eigenvalue weighted by atomic mass is 16.2. The number of nitrogens with zero attached hydrogens (tertiary/aromatic N) is 4. The van der Waals surface area contributed by atoms with Crippen LogP contribution in [0.25, 0.3) is 0 Å². The Kier molecular flexibility index (Phi) is 23.8. The van der Waals surface area contributed by atoms with Gasteiger partial charge in [-0.1, -0.05) is 156 Å². The molecule has 1 aromatic heterocycles. The van der Waals surface area contributed by atoms with Crippen molar-refractivity contribution in [2.24, 2.45) is 4.99 Å². The Hall–Kier alpha value is -1.59. The van der Waals surface area contributed by atoms with E-state index in [0.29, 0.717) is 31.8 Å². The second-order valence-corrected chi connectivity index (χ2v) is 12.3. The molecule has 0 saturated carbocycles. The normalized spacial score (nSPS) is 11.4. The molecule has 0 aliphatic rings. The lowest BCUT2D eigenvalue weighted by Gasteiger charge is -2.17. The lowest BCUT2D eigenvalue weighted by molar-refractivity contribution is 0.401. The van der Waals surface area contributed by atoms with Crippen molar-refractivity contribution in [2.45, 2.75) is 201 Å². The van der Waals surface area contributed by atoms with E-state index in [-0.39, 0.29) is 11.4 Å². The average Bonchev–Trinajstić information content (AvgIpc) is 2.97. The first-order valence-electron chi connectivity index (χ1n) is 18.1. The standard InChI is InChI=1S/C35H68N4O2/c1-5-9-13-17-21-25-29-36-33-37(30-26-22-18-14-10-6-2)34(40)39(32-28-24-20-16-12-8-4)35(41)38(33)31-27-23-19-15-11-7-3/h5-32H2,1-4H3. The maximum Gasteiger partial charge on any atom is 0.334 e. The van der Waals surface area contributed by atoms with Gasteiger partial charge in [0.15, 0.2) is 0 Å². The second-order valence-electron chi connectivity index (χ2n) is 12.3. The number of hydrogen-bond donors (Lipinski definition) is 0. The Bertz CT molecular complexity index is 873. The second kappa shape index (κ2) is 26.1. The number of aromatic nitrogens is 3. The monoisotopic (exact) mass is 577 g/mol. The molecule has 0 amide bonds. The van der Waals surface area contributed by atoms with Crippen LogP contribution in [0.3, 0.4) is 0 Å². The first kappa shape index (κ1) is 37.4. The number of unbranched alkanes of at least 4 members (excludes halogenated alkanes) is 20. The van der Waals surface area contributed by atoms with Crippen LogP contribution in [0.15, 0.2) is 14.6 Å². The molecule has 0 unspecified atom stereocenters. The Labute approximate surface area is 253 Å². The van der Waals surface area contributed by atoms with E-state index >= 15 is 0 Å². The van der Waals surface area contributed by atoms with Gasteiger partial charge in [-0.05, 0) is 25.7 Å². The number of hydrogen-bond acceptors (Lipinski definition) is 3. The molecule has 6 nitrogen and oxygen atoms in total. The van der Waals surface area contributed by atoms with Crippen molar-refractivity contribution in [3.8, 4) is 0 Å². The van der Waals surface area contributed by atoms with Crippen molar-refractivity contribution < 1.29 is 0 Å². The molecular formula is C35H68N4O2. The third-order valence-electron chi connectivity index (χ3n) is 8.38. The highest BCUT2D eigenvalue weighted by Gasteiger charge is 2.14. The maximum atomic E-state index is 13.8. The van der Waals surface area contributed by atoms with Crippen LogP contribution in [0.1, 0.15) is 182 Å². The van der Waals surface area contributed by atoms with Gasteiger partial charge in [-0.25, -0.2) is 14.2 Å². The van der Waals surface area contributed by atoms with Crippen molar-refractivity contribution in [1.29, 1.82) is 0 Å². The summed E-state index contributed by atoms with van der Waals surface area (Å²) in [6, 6.07) is 0. The van der Waals surface area contributed by atoms with E-state index < -0.39 is 0 Å². The van der Waals surface area contributed by atoms with E-state index in [4.69, 9.17) is 4.99 Å². The van der Waals surface area contributed by atoms with Crippen LogP contribution in [-0.2, 0) is 19.6 Å². The minimum atomic E-state index is -0.141. The highest BCUT2D eigenvalue weighted by molar-refractivity contribution is 4.79. The van der Waals surface area contributed by atoms with Gasteiger partial charge in [0.25, 0.3) is 0 Å². The first-order valence-corrected chi connectivity index (χ1v) is 18.1. The molecule has 0 spiro atoms. The van der Waals surface area contributed by atoms with Crippen LogP contribution in [0.2, 0.25) is 0 Å². The molecule has 6 heteroatoms. The van der Waals surface area contributed by atoms with Crippen LogP contribution in [0.5, 0.6) is 0 Å². The third-order valence-corrected chi connectivity index (χ3v) is 8.38. The fourth-order valence-corrected chi connectivity index (χ4v) is 5.67. The predicted octanol–water partition coefficient (Wildman–Crippen LogP) is 9.15. The Morgan fingerprint density at radius 2 is 0.683 bits per heavy atom. The first-order chi connectivity index (χ1) is 20.1. The van der Waals surface area contributed by atoms with Crippen molar-refractivity contribution in [2.75, 3.05) is 6.54 Å². The molecule has 240 valence electrons. The molecule has 41 heavy (non-hydrogen) atoms. The van der Waals surface area contributed by atoms with Gasteiger partial charge in [0.2, 0.25) is 5.62 Å². The summed E-state index contributed by atoms with van der Waals surface area (Å²) in [5.41, 5.74) is 0.353. The van der Waals surface area contributed by atoms with E-state index in [9.17, 15) is 9.59 Å². The van der Waals surface area contributed by atoms with Crippen molar-refractivity contribution >= 4 is 0 Å². The highest BCUT2D eigenvalue weighted by Crippen LogP contribution is 2.08. The van der Waals surface area contributed by atoms with E-state index in [1.54, 1.807) is 0 Å². The fourth-order valence-electron chi connectivity index (χ4n) is 5.67. The Balaban J connectivity index is 3.21. The zero-order valence-electron chi connectivity index (χ0n) is 27.9. The topological polar surface area (TPSA) is 61.3 Å². The summed E-state index contributed by atoms with van der Waals surface area (Å²) in [5, 5.41) is 0. The molecule has 1 aromatic rings. The lowest BCUT2D eigenvalue weighted by Crippen LogP contribution is -2.55. The molecule has 0 aromatic carbocycles. The molecule has 0 atom stereocenters. The maximum absolute atomic E-state index is 13.8. The number of rotatable bonds is 28. The summed E-state index contributed by atoms with van der Waals surface area (Å²) in [5.74, 6) is 0. The van der Waals surface area contributed by atoms with Gasteiger partial charge in [0.1, 0.15) is 0 Å². The van der Waals surface area contributed by atoms with Gasteiger partial charge in [-0.15, -0.1) is 0 Å². The quantitative estimate of drug-likeness (QED) is 0.0934. The van der Waals surface area contributed by atoms with Gasteiger partial charge in [0, 0.05) is 26.2 Å². The Morgan fingerprint density at radius 1 is 0.390 bits per heavy atom. The van der Waals surface area contributed by atoms with Gasteiger partial charge < -0.3 is 0 Å². The van der Waals surface area contributed by atoms with Crippen molar-refractivity contribution in [3.05, 3.63) is 26.6 Å². The van der Waals surface area contributed by atoms with E-state index in [0.717, 1.165) is 51.4 Å². The van der Waals surface area contributed by atoms with Gasteiger partial charge in [-0.3, -0.25) is 14.1 Å². The largest absolute Gasteiger partial charge is 0.334 e. The van der Waals surface area contributed by atoms with Gasteiger partial charge in [0.05, 0.1) is 0 Å². The lowest BCUT2D eigenvalue weighted by atomic mass is 10.1. The molecule has 0 N–H and O–H groups in total. The van der Waals surface area contributed by atoms with Crippen LogP contribution in [-0.4, -0.2) is 20.2 Å². The Morgan fingerprint density at radius 3 is 1.05 bits per heavy atom. The van der Waals surface area contributed by atoms with E-state index in [1.807, 2.05) is 9.13 Å². The molecule has 0 aliphatic carbocycles. The zero-order valence-corrected chi connectivity index (χ0v) is 27.9. The minimum absolute atomic E-state index is 0.141. The molecule has 1 rings (SSSR count). The SMILES string of the molecule is CCCCCCCCN=c1n(CCCCCCCC)c(=O)n(CCCCCCCC)c(=O)n1CCCCCCCC. The van der Waals surface area contributed by atoms with Crippen LogP contribution < -0.4 is 17.0 Å². The smallest absolute Gasteiger partial charge is 0.263 e. The predicted molar refractivity (Wildman–Crippen MR) is 177 cm³/mol. The van der Waals surface area contributed by atoms with Gasteiger partial charge in [-0.2, -0.15) is 0 Å². The van der Waals surface area contributed by atoms with E-state index in [2.05, 4.69) is 27.7 Å². The molecule has 1 heterocycles. The van der Waals surface area contributed by atoms with Crippen LogP contribution >= 0.6 is 0 Å². The van der Waals surface area contributed by atoms with Crippen LogP contribution in [0.4, 0.5) is 0 Å². The van der Waals surface area contributed by atoms with Gasteiger partial charge >= 0.3 is 11.4 Å². The summed E-state index contributed by atoms with van der Waals surface area (Å²) in [7, 11) is 0. The summed E-state index contributed by atoms with van der Waals surface area (Å²) >= 11 is 0. The molecule has 0 aliphatic heterocycles. The van der Waals surface area contributed by atoms with Crippen molar-refractivity contribution in [3.63, 3.8) is 0 Å². The van der Waals surface area contributed by atoms with Crippen LogP contribution in [0, 0.1) is 0 Å². The fraction of sp³-hybridized carbons (Fsp3) is 0.914. The third kappa shape index (κ3) is 16.6. The molecule has 0 radical (unpaired) electrons. The van der Waals surface area contributed by atoms with E-state index in [1.165, 1.54) is 107 Å². The summed E-state index contributed by atoms with van der Waals surface area (Å²) < 4.78 is 5.27. The molecule has 0 fully saturated rings. The molecular weight excluding hydrogens is 508 g/mol. The van der Waals surface area contributed by atoms with Crippen molar-refractivity contribution in [1.82, 2.24) is 13.7 Å². The molecule has 0 saturated heterocycles. The minimum Gasteiger partial charge on any atom is -0.263 e. The summed E-state index contributed by atoms with van der Waals surface area (Å²) in [6.45, 7) is 11.5. The summed E-state index contributed by atoms with van der Waals surface area (Å²) in [6.07, 6.45) is 28.3. The zero-order chi connectivity index (χ0) is 30.0.